The average molecular weight is 241 g/mol. The number of amides is 1. The second kappa shape index (κ2) is 4.89. The standard InChI is InChI=1S/C14H15N3O/c1-10-6-2-3-7-11(10)14(18)17(16)13-9-5-4-8-12(13)15/h2-9H,15-16H2,1H3. The molecule has 92 valence electrons. The molecule has 0 aliphatic rings. The number of carbonyl (C=O) groups excluding carboxylic acids is 1. The van der Waals surface area contributed by atoms with Crippen LogP contribution in [0.25, 0.3) is 0 Å². The molecular weight excluding hydrogens is 226 g/mol. The molecule has 0 saturated carbocycles. The van der Waals surface area contributed by atoms with Crippen molar-refractivity contribution in [3.05, 3.63) is 59.7 Å². The Morgan fingerprint density at radius 1 is 1.06 bits per heavy atom. The number of carbonyl (C=O) groups is 1. The largest absolute Gasteiger partial charge is 0.397 e. The van der Waals surface area contributed by atoms with Crippen LogP contribution in [0.2, 0.25) is 0 Å². The molecule has 0 heterocycles. The Morgan fingerprint density at radius 2 is 1.67 bits per heavy atom. The van der Waals surface area contributed by atoms with Gasteiger partial charge in [-0.25, -0.2) is 10.9 Å². The van der Waals surface area contributed by atoms with Crippen LogP contribution in [0.5, 0.6) is 0 Å². The summed E-state index contributed by atoms with van der Waals surface area (Å²) in [5, 5.41) is 1.08. The highest BCUT2D eigenvalue weighted by Gasteiger charge is 2.17. The number of rotatable bonds is 2. The van der Waals surface area contributed by atoms with Crippen LogP contribution >= 0.6 is 0 Å². The van der Waals surface area contributed by atoms with Gasteiger partial charge in [-0.1, -0.05) is 30.3 Å². The van der Waals surface area contributed by atoms with Gasteiger partial charge in [-0.15, -0.1) is 0 Å². The molecule has 0 atom stereocenters. The molecule has 18 heavy (non-hydrogen) atoms. The van der Waals surface area contributed by atoms with Crippen LogP contribution in [0.1, 0.15) is 15.9 Å². The van der Waals surface area contributed by atoms with Gasteiger partial charge in [0.05, 0.1) is 11.4 Å². The van der Waals surface area contributed by atoms with Gasteiger partial charge in [0.1, 0.15) is 0 Å². The molecular formula is C14H15N3O. The molecule has 4 nitrogen and oxygen atoms in total. The Morgan fingerprint density at radius 3 is 2.33 bits per heavy atom. The van der Waals surface area contributed by atoms with E-state index in [1.807, 2.05) is 25.1 Å². The van der Waals surface area contributed by atoms with Crippen molar-refractivity contribution in [2.75, 3.05) is 10.7 Å². The zero-order chi connectivity index (χ0) is 13.1. The Kier molecular flexibility index (Phi) is 3.30. The van der Waals surface area contributed by atoms with Crippen LogP contribution < -0.4 is 16.6 Å². The number of anilines is 2. The number of nitrogens with zero attached hydrogens (tertiary/aromatic N) is 1. The van der Waals surface area contributed by atoms with Gasteiger partial charge in [-0.3, -0.25) is 4.79 Å². The van der Waals surface area contributed by atoms with Gasteiger partial charge in [0.25, 0.3) is 5.91 Å². The van der Waals surface area contributed by atoms with Gasteiger partial charge in [-0.05, 0) is 30.7 Å². The van der Waals surface area contributed by atoms with E-state index in [0.717, 1.165) is 10.6 Å². The molecule has 0 spiro atoms. The van der Waals surface area contributed by atoms with Crippen molar-refractivity contribution >= 4 is 17.3 Å². The summed E-state index contributed by atoms with van der Waals surface area (Å²) in [6.45, 7) is 1.87. The van der Waals surface area contributed by atoms with Crippen LogP contribution in [0.4, 0.5) is 11.4 Å². The predicted molar refractivity (Wildman–Crippen MR) is 73.0 cm³/mol. The second-order valence-electron chi connectivity index (χ2n) is 4.05. The van der Waals surface area contributed by atoms with Gasteiger partial charge in [0, 0.05) is 5.56 Å². The number of hydrazine groups is 1. The molecule has 2 rings (SSSR count). The van der Waals surface area contributed by atoms with E-state index < -0.39 is 0 Å². The first-order valence-electron chi connectivity index (χ1n) is 5.60. The lowest BCUT2D eigenvalue weighted by Gasteiger charge is -2.19. The Labute approximate surface area is 106 Å². The van der Waals surface area contributed by atoms with Crippen molar-refractivity contribution in [3.8, 4) is 0 Å². The zero-order valence-electron chi connectivity index (χ0n) is 10.1. The third-order valence-electron chi connectivity index (χ3n) is 2.79. The molecule has 0 aromatic heterocycles. The normalized spacial score (nSPS) is 10.1. The lowest BCUT2D eigenvalue weighted by Crippen LogP contribution is -2.38. The van der Waals surface area contributed by atoms with E-state index in [-0.39, 0.29) is 5.91 Å². The van der Waals surface area contributed by atoms with Gasteiger partial charge in [0.15, 0.2) is 0 Å². The molecule has 4 N–H and O–H groups in total. The van der Waals surface area contributed by atoms with E-state index in [1.54, 1.807) is 30.3 Å². The zero-order valence-corrected chi connectivity index (χ0v) is 10.1. The molecule has 4 heteroatoms. The van der Waals surface area contributed by atoms with Crippen molar-refractivity contribution in [3.63, 3.8) is 0 Å². The molecule has 1 amide bonds. The van der Waals surface area contributed by atoms with Crippen molar-refractivity contribution in [2.45, 2.75) is 6.92 Å². The van der Waals surface area contributed by atoms with Crippen molar-refractivity contribution < 1.29 is 4.79 Å². The minimum atomic E-state index is -0.272. The van der Waals surface area contributed by atoms with E-state index in [2.05, 4.69) is 0 Å². The first kappa shape index (κ1) is 12.1. The molecule has 0 saturated heterocycles. The molecule has 0 fully saturated rings. The first-order valence-corrected chi connectivity index (χ1v) is 5.60. The van der Waals surface area contributed by atoms with Gasteiger partial charge in [-0.2, -0.15) is 0 Å². The maximum Gasteiger partial charge on any atom is 0.272 e. The van der Waals surface area contributed by atoms with Crippen molar-refractivity contribution in [2.24, 2.45) is 5.84 Å². The number of aryl methyl sites for hydroxylation is 1. The first-order chi connectivity index (χ1) is 8.61. The maximum absolute atomic E-state index is 12.3. The van der Waals surface area contributed by atoms with Crippen LogP contribution in [-0.4, -0.2) is 5.91 Å². The van der Waals surface area contributed by atoms with E-state index in [1.165, 1.54) is 0 Å². The topological polar surface area (TPSA) is 72.3 Å². The molecule has 0 aliphatic heterocycles. The smallest absolute Gasteiger partial charge is 0.272 e. The van der Waals surface area contributed by atoms with Crippen molar-refractivity contribution in [1.82, 2.24) is 0 Å². The highest BCUT2D eigenvalue weighted by atomic mass is 16.2. The number of benzene rings is 2. The summed E-state index contributed by atoms with van der Waals surface area (Å²) < 4.78 is 0. The average Bonchev–Trinajstić information content (AvgIpc) is 2.38. The SMILES string of the molecule is Cc1ccccc1C(=O)N(N)c1ccccc1N. The van der Waals surface area contributed by atoms with Gasteiger partial charge in [0.2, 0.25) is 0 Å². The number of hydrogen-bond acceptors (Lipinski definition) is 3. The summed E-state index contributed by atoms with van der Waals surface area (Å²) in [5.74, 6) is 5.57. The van der Waals surface area contributed by atoms with Crippen molar-refractivity contribution in [1.29, 1.82) is 0 Å². The van der Waals surface area contributed by atoms with Gasteiger partial charge >= 0.3 is 0 Å². The Hall–Kier alpha value is -2.33. The summed E-state index contributed by atoms with van der Waals surface area (Å²) in [6.07, 6.45) is 0. The Bertz CT molecular complexity index is 581. The molecule has 0 unspecified atom stereocenters. The molecule has 0 radical (unpaired) electrons. The molecule has 2 aromatic rings. The number of nitrogen functional groups attached to an aromatic ring is 1. The molecule has 0 aliphatic carbocycles. The summed E-state index contributed by atoms with van der Waals surface area (Å²) in [5.41, 5.74) is 8.24. The van der Waals surface area contributed by atoms with E-state index in [9.17, 15) is 4.79 Å². The van der Waals surface area contributed by atoms with Crippen LogP contribution in [0.3, 0.4) is 0 Å². The van der Waals surface area contributed by atoms with Gasteiger partial charge < -0.3 is 5.73 Å². The number of para-hydroxylation sites is 2. The minimum absolute atomic E-state index is 0.272. The van der Waals surface area contributed by atoms with Crippen LogP contribution in [0, 0.1) is 6.92 Å². The minimum Gasteiger partial charge on any atom is -0.397 e. The second-order valence-corrected chi connectivity index (χ2v) is 4.05. The third kappa shape index (κ3) is 2.19. The maximum atomic E-state index is 12.3. The fourth-order valence-corrected chi connectivity index (χ4v) is 1.76. The third-order valence-corrected chi connectivity index (χ3v) is 2.79. The molecule has 0 bridgehead atoms. The summed E-state index contributed by atoms with van der Waals surface area (Å²) in [6, 6.07) is 14.3. The predicted octanol–water partition coefficient (Wildman–Crippen LogP) is 2.10. The summed E-state index contributed by atoms with van der Waals surface area (Å²) >= 11 is 0. The van der Waals surface area contributed by atoms with Crippen LogP contribution in [-0.2, 0) is 0 Å². The highest BCUT2D eigenvalue weighted by molar-refractivity contribution is 6.07. The monoisotopic (exact) mass is 241 g/mol. The summed E-state index contributed by atoms with van der Waals surface area (Å²) in [7, 11) is 0. The fraction of sp³-hybridized carbons (Fsp3) is 0.0714. The van der Waals surface area contributed by atoms with E-state index in [4.69, 9.17) is 11.6 Å². The quantitative estimate of drug-likeness (QED) is 0.366. The van der Waals surface area contributed by atoms with E-state index >= 15 is 0 Å². The molecule has 2 aromatic carbocycles. The Balaban J connectivity index is 2.36. The van der Waals surface area contributed by atoms with E-state index in [0.29, 0.717) is 16.9 Å². The summed E-state index contributed by atoms with van der Waals surface area (Å²) in [4.78, 5) is 12.3. The van der Waals surface area contributed by atoms with Crippen LogP contribution in [0.15, 0.2) is 48.5 Å². The lowest BCUT2D eigenvalue weighted by atomic mass is 10.1. The fourth-order valence-electron chi connectivity index (χ4n) is 1.76. The lowest BCUT2D eigenvalue weighted by molar-refractivity contribution is 0.0986. The number of hydrogen-bond donors (Lipinski definition) is 2. The highest BCUT2D eigenvalue weighted by Crippen LogP contribution is 2.22. The number of nitrogens with two attached hydrogens (primary N) is 2.